The first-order valence-electron chi connectivity index (χ1n) is 10.5. The second-order valence-electron chi connectivity index (χ2n) is 7.76. The Bertz CT molecular complexity index is 1250. The number of piperidine rings is 1. The molecule has 0 spiro atoms. The number of carbonyl (C=O) groups is 1. The SMILES string of the molecule is COc1ccc(-c2nnc(NC(=O)C3CCN(S(=O)(=O)Cc4c(Cl)cccc4Cl)CC3)s2)cc1. The van der Waals surface area contributed by atoms with Crippen molar-refractivity contribution in [3.05, 3.63) is 58.1 Å². The van der Waals surface area contributed by atoms with E-state index in [0.717, 1.165) is 11.3 Å². The first-order chi connectivity index (χ1) is 16.3. The zero-order valence-electron chi connectivity index (χ0n) is 18.2. The topological polar surface area (TPSA) is 101 Å². The summed E-state index contributed by atoms with van der Waals surface area (Å²) in [7, 11) is -2.02. The Hall–Kier alpha value is -2.24. The van der Waals surface area contributed by atoms with Gasteiger partial charge in [-0.2, -0.15) is 0 Å². The van der Waals surface area contributed by atoms with Gasteiger partial charge >= 0.3 is 0 Å². The molecule has 34 heavy (non-hydrogen) atoms. The second kappa shape index (κ2) is 10.6. The van der Waals surface area contributed by atoms with Gasteiger partial charge in [0, 0.05) is 40.2 Å². The summed E-state index contributed by atoms with van der Waals surface area (Å²) < 4.78 is 32.3. The van der Waals surface area contributed by atoms with Crippen LogP contribution in [0.4, 0.5) is 5.13 Å². The van der Waals surface area contributed by atoms with Gasteiger partial charge < -0.3 is 10.1 Å². The summed E-state index contributed by atoms with van der Waals surface area (Å²) in [6.45, 7) is 0.491. The Morgan fingerprint density at radius 3 is 2.38 bits per heavy atom. The van der Waals surface area contributed by atoms with Crippen LogP contribution < -0.4 is 10.1 Å². The minimum atomic E-state index is -3.62. The van der Waals surface area contributed by atoms with Gasteiger partial charge in [-0.05, 0) is 49.2 Å². The molecule has 2 heterocycles. The third-order valence-electron chi connectivity index (χ3n) is 5.60. The maximum atomic E-state index is 12.9. The second-order valence-corrected chi connectivity index (χ2v) is 11.5. The van der Waals surface area contributed by atoms with E-state index >= 15 is 0 Å². The summed E-state index contributed by atoms with van der Waals surface area (Å²) in [5.41, 5.74) is 1.26. The predicted molar refractivity (Wildman–Crippen MR) is 134 cm³/mol. The number of hydrogen-bond donors (Lipinski definition) is 1. The summed E-state index contributed by atoms with van der Waals surface area (Å²) in [5.74, 6) is -0.0428. The molecule has 1 aliphatic rings. The van der Waals surface area contributed by atoms with Crippen molar-refractivity contribution in [1.29, 1.82) is 0 Å². The minimum Gasteiger partial charge on any atom is -0.497 e. The maximum absolute atomic E-state index is 12.9. The normalized spacial score (nSPS) is 15.3. The number of halogens is 2. The van der Waals surface area contributed by atoms with Crippen LogP contribution in [0.15, 0.2) is 42.5 Å². The number of methoxy groups -OCH3 is 1. The van der Waals surface area contributed by atoms with Gasteiger partial charge in [-0.1, -0.05) is 40.6 Å². The molecule has 1 amide bonds. The van der Waals surface area contributed by atoms with Gasteiger partial charge in [0.25, 0.3) is 0 Å². The number of rotatable bonds is 7. The van der Waals surface area contributed by atoms with Crippen LogP contribution >= 0.6 is 34.5 Å². The Balaban J connectivity index is 1.33. The Morgan fingerprint density at radius 1 is 1.12 bits per heavy atom. The number of aromatic nitrogens is 2. The van der Waals surface area contributed by atoms with E-state index in [-0.39, 0.29) is 30.7 Å². The Kier molecular flexibility index (Phi) is 7.73. The number of sulfonamides is 1. The van der Waals surface area contributed by atoms with Crippen molar-refractivity contribution in [3.63, 3.8) is 0 Å². The molecule has 4 rings (SSSR count). The zero-order chi connectivity index (χ0) is 24.3. The van der Waals surface area contributed by atoms with Gasteiger partial charge in [-0.3, -0.25) is 4.79 Å². The van der Waals surface area contributed by atoms with E-state index in [0.29, 0.717) is 38.6 Å². The number of nitrogens with zero attached hydrogens (tertiary/aromatic N) is 3. The summed E-state index contributed by atoms with van der Waals surface area (Å²) in [6, 6.07) is 12.3. The van der Waals surface area contributed by atoms with E-state index in [1.807, 2.05) is 24.3 Å². The molecule has 0 unspecified atom stereocenters. The van der Waals surface area contributed by atoms with Crippen LogP contribution in [0.25, 0.3) is 10.6 Å². The van der Waals surface area contributed by atoms with Crippen LogP contribution in [0.1, 0.15) is 18.4 Å². The van der Waals surface area contributed by atoms with Crippen molar-refractivity contribution in [3.8, 4) is 16.3 Å². The molecule has 1 saturated heterocycles. The van der Waals surface area contributed by atoms with Crippen molar-refractivity contribution in [2.24, 2.45) is 5.92 Å². The number of anilines is 1. The van der Waals surface area contributed by atoms with Crippen molar-refractivity contribution in [1.82, 2.24) is 14.5 Å². The fraction of sp³-hybridized carbons (Fsp3) is 0.318. The van der Waals surface area contributed by atoms with Gasteiger partial charge in [0.15, 0.2) is 0 Å². The molecule has 1 N–H and O–H groups in total. The summed E-state index contributed by atoms with van der Waals surface area (Å²) in [6.07, 6.45) is 0.816. The quantitative estimate of drug-likeness (QED) is 0.465. The van der Waals surface area contributed by atoms with Crippen LogP contribution in [-0.2, 0) is 20.6 Å². The average Bonchev–Trinajstić information content (AvgIpc) is 3.30. The number of hydrogen-bond acceptors (Lipinski definition) is 7. The van der Waals surface area contributed by atoms with Crippen molar-refractivity contribution < 1.29 is 17.9 Å². The standard InChI is InChI=1S/C22H22Cl2N4O4S2/c1-32-16-7-5-15(6-8-16)21-26-27-22(33-21)25-20(29)14-9-11-28(12-10-14)34(30,31)13-17-18(23)3-2-4-19(17)24/h2-8,14H,9-13H2,1H3,(H,25,27,29). The lowest BCUT2D eigenvalue weighted by atomic mass is 9.97. The van der Waals surface area contributed by atoms with Crippen LogP contribution in [0.3, 0.4) is 0 Å². The lowest BCUT2D eigenvalue weighted by molar-refractivity contribution is -0.120. The first kappa shape index (κ1) is 24.9. The van der Waals surface area contributed by atoms with E-state index < -0.39 is 10.0 Å². The summed E-state index contributed by atoms with van der Waals surface area (Å²) in [4.78, 5) is 12.7. The Morgan fingerprint density at radius 2 is 1.76 bits per heavy atom. The number of amides is 1. The minimum absolute atomic E-state index is 0.191. The van der Waals surface area contributed by atoms with Crippen LogP contribution in [0.5, 0.6) is 5.75 Å². The lowest BCUT2D eigenvalue weighted by Gasteiger charge is -2.30. The molecule has 8 nitrogen and oxygen atoms in total. The highest BCUT2D eigenvalue weighted by Gasteiger charge is 2.32. The number of nitrogens with one attached hydrogen (secondary N) is 1. The molecule has 0 bridgehead atoms. The summed E-state index contributed by atoms with van der Waals surface area (Å²) >= 11 is 13.5. The van der Waals surface area contributed by atoms with Crippen molar-refractivity contribution in [2.75, 3.05) is 25.5 Å². The van der Waals surface area contributed by atoms with Crippen molar-refractivity contribution in [2.45, 2.75) is 18.6 Å². The van der Waals surface area contributed by atoms with Crippen LogP contribution in [0.2, 0.25) is 10.0 Å². The van der Waals surface area contributed by atoms with E-state index in [4.69, 9.17) is 27.9 Å². The molecule has 2 aromatic carbocycles. The van der Waals surface area contributed by atoms with Gasteiger partial charge in [-0.15, -0.1) is 10.2 Å². The molecular weight excluding hydrogens is 519 g/mol. The van der Waals surface area contributed by atoms with Crippen LogP contribution in [-0.4, -0.2) is 49.0 Å². The van der Waals surface area contributed by atoms with E-state index in [9.17, 15) is 13.2 Å². The molecule has 1 fully saturated rings. The van der Waals surface area contributed by atoms with Crippen molar-refractivity contribution >= 4 is 55.6 Å². The number of ether oxygens (including phenoxy) is 1. The van der Waals surface area contributed by atoms with Gasteiger partial charge in [0.1, 0.15) is 10.8 Å². The Labute approximate surface area is 211 Å². The van der Waals surface area contributed by atoms with Gasteiger partial charge in [0.05, 0.1) is 12.9 Å². The zero-order valence-corrected chi connectivity index (χ0v) is 21.3. The predicted octanol–water partition coefficient (Wildman–Crippen LogP) is 4.70. The molecule has 0 radical (unpaired) electrons. The van der Waals surface area contributed by atoms with Crippen LogP contribution in [0, 0.1) is 5.92 Å². The summed E-state index contributed by atoms with van der Waals surface area (Å²) in [5, 5.41) is 12.7. The smallest absolute Gasteiger partial charge is 0.229 e. The van der Waals surface area contributed by atoms with Gasteiger partial charge in [-0.25, -0.2) is 12.7 Å². The molecule has 1 aliphatic heterocycles. The number of carbonyl (C=O) groups excluding carboxylic acids is 1. The molecular formula is C22H22Cl2N4O4S2. The highest BCUT2D eigenvalue weighted by atomic mass is 35.5. The average molecular weight is 541 g/mol. The van der Waals surface area contributed by atoms with Gasteiger partial charge in [0.2, 0.25) is 21.1 Å². The van der Waals surface area contributed by atoms with E-state index in [1.165, 1.54) is 15.6 Å². The first-order valence-corrected chi connectivity index (χ1v) is 13.6. The third-order valence-corrected chi connectivity index (χ3v) is 9.00. The fourth-order valence-corrected chi connectivity index (χ4v) is 6.74. The third kappa shape index (κ3) is 5.69. The molecule has 12 heteroatoms. The largest absolute Gasteiger partial charge is 0.497 e. The molecule has 0 aliphatic carbocycles. The van der Waals surface area contributed by atoms with E-state index in [2.05, 4.69) is 15.5 Å². The molecule has 1 aromatic heterocycles. The monoisotopic (exact) mass is 540 g/mol. The highest BCUT2D eigenvalue weighted by Crippen LogP contribution is 2.31. The molecule has 0 saturated carbocycles. The van der Waals surface area contributed by atoms with E-state index in [1.54, 1.807) is 25.3 Å². The highest BCUT2D eigenvalue weighted by molar-refractivity contribution is 7.88. The maximum Gasteiger partial charge on any atom is 0.229 e. The molecule has 180 valence electrons. The molecule has 0 atom stereocenters. The molecule has 3 aromatic rings. The fourth-order valence-electron chi connectivity index (χ4n) is 3.67. The lowest BCUT2D eigenvalue weighted by Crippen LogP contribution is -2.41. The number of benzene rings is 2.